The molecule has 0 unspecified atom stereocenters. The van der Waals surface area contributed by atoms with Crippen LogP contribution in [-0.4, -0.2) is 44.1 Å². The monoisotopic (exact) mass is 318 g/mol. The normalized spacial score (nSPS) is 15.9. The molecule has 1 aliphatic heterocycles. The van der Waals surface area contributed by atoms with Gasteiger partial charge >= 0.3 is 0 Å². The molecule has 4 nitrogen and oxygen atoms in total. The number of rotatable bonds is 7. The summed E-state index contributed by atoms with van der Waals surface area (Å²) in [6, 6.07) is 7.58. The van der Waals surface area contributed by atoms with Crippen molar-refractivity contribution in [2.24, 2.45) is 11.8 Å². The van der Waals surface area contributed by atoms with Gasteiger partial charge in [-0.05, 0) is 62.9 Å². The topological polar surface area (TPSA) is 41.6 Å². The summed E-state index contributed by atoms with van der Waals surface area (Å²) in [5.41, 5.74) is 0.736. The van der Waals surface area contributed by atoms with Crippen LogP contribution in [0.2, 0.25) is 0 Å². The smallest absolute Gasteiger partial charge is 0.253 e. The predicted molar refractivity (Wildman–Crippen MR) is 93.9 cm³/mol. The molecule has 1 aliphatic rings. The zero-order chi connectivity index (χ0) is 16.7. The van der Waals surface area contributed by atoms with E-state index in [1.165, 1.54) is 6.42 Å². The summed E-state index contributed by atoms with van der Waals surface area (Å²) in [6.45, 7) is 7.71. The van der Waals surface area contributed by atoms with Gasteiger partial charge in [-0.15, -0.1) is 0 Å². The lowest BCUT2D eigenvalue weighted by Gasteiger charge is -2.32. The average molecular weight is 318 g/mol. The highest BCUT2D eigenvalue weighted by Crippen LogP contribution is 2.22. The summed E-state index contributed by atoms with van der Waals surface area (Å²) in [5, 5.41) is 3.21. The predicted octanol–water partition coefficient (Wildman–Crippen LogP) is 3.18. The molecule has 0 radical (unpaired) electrons. The molecule has 1 heterocycles. The minimum Gasteiger partial charge on any atom is -0.493 e. The average Bonchev–Trinajstić information content (AvgIpc) is 2.58. The zero-order valence-electron chi connectivity index (χ0n) is 14.7. The van der Waals surface area contributed by atoms with E-state index in [-0.39, 0.29) is 5.91 Å². The number of carbonyl (C=O) groups excluding carboxylic acids is 1. The van der Waals surface area contributed by atoms with Crippen molar-refractivity contribution < 1.29 is 9.53 Å². The van der Waals surface area contributed by atoms with Crippen molar-refractivity contribution in [1.82, 2.24) is 10.2 Å². The fraction of sp³-hybridized carbons (Fsp3) is 0.632. The minimum atomic E-state index is 0.132. The molecule has 1 saturated heterocycles. The number of benzene rings is 1. The molecule has 128 valence electrons. The number of hydrogen-bond acceptors (Lipinski definition) is 3. The van der Waals surface area contributed by atoms with E-state index in [1.807, 2.05) is 36.2 Å². The van der Waals surface area contributed by atoms with E-state index < -0.39 is 0 Å². The second kappa shape index (κ2) is 8.92. The van der Waals surface area contributed by atoms with Crippen LogP contribution in [0.25, 0.3) is 0 Å². The molecule has 0 bridgehead atoms. The van der Waals surface area contributed by atoms with Crippen LogP contribution in [0.1, 0.15) is 43.5 Å². The third-order valence-electron chi connectivity index (χ3n) is 4.37. The van der Waals surface area contributed by atoms with Crippen LogP contribution < -0.4 is 10.1 Å². The summed E-state index contributed by atoms with van der Waals surface area (Å²) < 4.78 is 5.73. The maximum Gasteiger partial charge on any atom is 0.253 e. The van der Waals surface area contributed by atoms with Crippen LogP contribution in [0.4, 0.5) is 0 Å². The Kier molecular flexibility index (Phi) is 6.90. The molecule has 1 fully saturated rings. The Morgan fingerprint density at radius 2 is 2.09 bits per heavy atom. The summed E-state index contributed by atoms with van der Waals surface area (Å²) in [5.74, 6) is 2.14. The SMILES string of the molecule is CNCCC1CCN(C(=O)c2cccc(OCC(C)C)c2)CC1. The number of amides is 1. The molecule has 4 heteroatoms. The van der Waals surface area contributed by atoms with Crippen molar-refractivity contribution in [2.75, 3.05) is 33.3 Å². The first-order chi connectivity index (χ1) is 11.1. The number of piperidine rings is 1. The van der Waals surface area contributed by atoms with Crippen molar-refractivity contribution in [2.45, 2.75) is 33.1 Å². The van der Waals surface area contributed by atoms with E-state index in [0.717, 1.165) is 49.7 Å². The Morgan fingerprint density at radius 1 is 1.35 bits per heavy atom. The first-order valence-corrected chi connectivity index (χ1v) is 8.77. The van der Waals surface area contributed by atoms with Gasteiger partial charge in [-0.25, -0.2) is 0 Å². The molecule has 2 rings (SSSR count). The van der Waals surface area contributed by atoms with Crippen molar-refractivity contribution >= 4 is 5.91 Å². The molecule has 1 aromatic carbocycles. The van der Waals surface area contributed by atoms with E-state index in [1.54, 1.807) is 0 Å². The third-order valence-corrected chi connectivity index (χ3v) is 4.37. The molecular weight excluding hydrogens is 288 g/mol. The van der Waals surface area contributed by atoms with Gasteiger partial charge in [0.2, 0.25) is 0 Å². The van der Waals surface area contributed by atoms with E-state index in [2.05, 4.69) is 19.2 Å². The lowest BCUT2D eigenvalue weighted by molar-refractivity contribution is 0.0686. The maximum atomic E-state index is 12.7. The second-order valence-electron chi connectivity index (χ2n) is 6.86. The first kappa shape index (κ1) is 17.8. The molecular formula is C19H30N2O2. The summed E-state index contributed by atoms with van der Waals surface area (Å²) in [6.07, 6.45) is 3.42. The highest BCUT2D eigenvalue weighted by atomic mass is 16.5. The molecule has 0 aromatic heterocycles. The van der Waals surface area contributed by atoms with Gasteiger partial charge in [-0.2, -0.15) is 0 Å². The summed E-state index contributed by atoms with van der Waals surface area (Å²) in [7, 11) is 1.99. The standard InChI is InChI=1S/C19H30N2O2/c1-15(2)14-23-18-6-4-5-17(13-18)19(22)21-11-8-16(9-12-21)7-10-20-3/h4-6,13,15-16,20H,7-12,14H2,1-3H3. The number of nitrogens with one attached hydrogen (secondary N) is 1. The first-order valence-electron chi connectivity index (χ1n) is 8.77. The van der Waals surface area contributed by atoms with Crippen LogP contribution in [-0.2, 0) is 0 Å². The van der Waals surface area contributed by atoms with Crippen LogP contribution in [0, 0.1) is 11.8 Å². The number of likely N-dealkylation sites (tertiary alicyclic amines) is 1. The summed E-state index contributed by atoms with van der Waals surface area (Å²) >= 11 is 0. The third kappa shape index (κ3) is 5.54. The molecule has 1 N–H and O–H groups in total. The van der Waals surface area contributed by atoms with Gasteiger partial charge < -0.3 is 15.0 Å². The van der Waals surface area contributed by atoms with Crippen molar-refractivity contribution in [3.8, 4) is 5.75 Å². The van der Waals surface area contributed by atoms with Gasteiger partial charge in [0.1, 0.15) is 5.75 Å². The Balaban J connectivity index is 1.89. The van der Waals surface area contributed by atoms with E-state index in [0.29, 0.717) is 12.5 Å². The van der Waals surface area contributed by atoms with E-state index >= 15 is 0 Å². The lowest BCUT2D eigenvalue weighted by atomic mass is 9.93. The lowest BCUT2D eigenvalue weighted by Crippen LogP contribution is -2.38. The number of ether oxygens (including phenoxy) is 1. The second-order valence-corrected chi connectivity index (χ2v) is 6.86. The fourth-order valence-electron chi connectivity index (χ4n) is 2.94. The molecule has 1 amide bonds. The fourth-order valence-corrected chi connectivity index (χ4v) is 2.94. The molecule has 0 saturated carbocycles. The van der Waals surface area contributed by atoms with Gasteiger partial charge in [0.15, 0.2) is 0 Å². The van der Waals surface area contributed by atoms with Crippen LogP contribution >= 0.6 is 0 Å². The maximum absolute atomic E-state index is 12.7. The van der Waals surface area contributed by atoms with Gasteiger partial charge in [-0.3, -0.25) is 4.79 Å². The summed E-state index contributed by atoms with van der Waals surface area (Å²) in [4.78, 5) is 14.7. The molecule has 23 heavy (non-hydrogen) atoms. The molecule has 0 aliphatic carbocycles. The zero-order valence-corrected chi connectivity index (χ0v) is 14.7. The Bertz CT molecular complexity index is 494. The van der Waals surface area contributed by atoms with E-state index in [9.17, 15) is 4.79 Å². The van der Waals surface area contributed by atoms with Crippen LogP contribution in [0.5, 0.6) is 5.75 Å². The minimum absolute atomic E-state index is 0.132. The number of hydrogen-bond donors (Lipinski definition) is 1. The molecule has 0 spiro atoms. The molecule has 1 aromatic rings. The number of nitrogens with zero attached hydrogens (tertiary/aromatic N) is 1. The number of carbonyl (C=O) groups is 1. The van der Waals surface area contributed by atoms with E-state index in [4.69, 9.17) is 4.74 Å². The van der Waals surface area contributed by atoms with Gasteiger partial charge in [0, 0.05) is 18.7 Å². The van der Waals surface area contributed by atoms with Crippen LogP contribution in [0.3, 0.4) is 0 Å². The highest BCUT2D eigenvalue weighted by molar-refractivity contribution is 5.94. The van der Waals surface area contributed by atoms with Crippen LogP contribution in [0.15, 0.2) is 24.3 Å². The van der Waals surface area contributed by atoms with Gasteiger partial charge in [-0.1, -0.05) is 19.9 Å². The van der Waals surface area contributed by atoms with Gasteiger partial charge in [0.25, 0.3) is 5.91 Å². The van der Waals surface area contributed by atoms with Crippen molar-refractivity contribution in [3.05, 3.63) is 29.8 Å². The quantitative estimate of drug-likeness (QED) is 0.839. The van der Waals surface area contributed by atoms with Gasteiger partial charge in [0.05, 0.1) is 6.61 Å². The highest BCUT2D eigenvalue weighted by Gasteiger charge is 2.23. The largest absolute Gasteiger partial charge is 0.493 e. The Labute approximate surface area is 140 Å². The Hall–Kier alpha value is -1.55. The Morgan fingerprint density at radius 3 is 2.74 bits per heavy atom. The van der Waals surface area contributed by atoms with Crippen molar-refractivity contribution in [1.29, 1.82) is 0 Å². The molecule has 0 atom stereocenters. The van der Waals surface area contributed by atoms with Crippen molar-refractivity contribution in [3.63, 3.8) is 0 Å².